The third kappa shape index (κ3) is 4.04. The first kappa shape index (κ1) is 19.7. The van der Waals surface area contributed by atoms with Crippen molar-refractivity contribution in [1.82, 2.24) is 24.8 Å². The van der Waals surface area contributed by atoms with E-state index >= 15 is 0 Å². The number of rotatable bonds is 4. The van der Waals surface area contributed by atoms with Crippen molar-refractivity contribution in [2.45, 2.75) is 50.6 Å². The summed E-state index contributed by atoms with van der Waals surface area (Å²) in [5, 5.41) is 3.09. The van der Waals surface area contributed by atoms with Gasteiger partial charge in [-0.3, -0.25) is 9.59 Å². The first-order chi connectivity index (χ1) is 15.2. The second kappa shape index (κ2) is 8.49. The molecule has 0 spiro atoms. The lowest BCUT2D eigenvalue weighted by Crippen LogP contribution is -2.49. The Kier molecular flexibility index (Phi) is 5.40. The number of hydrogen-bond acceptors (Lipinski definition) is 4. The van der Waals surface area contributed by atoms with Crippen molar-refractivity contribution in [3.8, 4) is 0 Å². The molecule has 1 N–H and O–H groups in total. The van der Waals surface area contributed by atoms with E-state index in [0.717, 1.165) is 36.8 Å². The molecule has 1 aliphatic heterocycles. The largest absolute Gasteiger partial charge is 0.347 e. The van der Waals surface area contributed by atoms with E-state index in [2.05, 4.69) is 19.9 Å². The van der Waals surface area contributed by atoms with Gasteiger partial charge in [-0.05, 0) is 43.9 Å². The van der Waals surface area contributed by atoms with Crippen LogP contribution in [0.3, 0.4) is 0 Å². The van der Waals surface area contributed by atoms with Gasteiger partial charge in [0.05, 0.1) is 11.9 Å². The number of carbonyl (C=O) groups is 2. The van der Waals surface area contributed by atoms with Crippen molar-refractivity contribution in [1.29, 1.82) is 0 Å². The monoisotopic (exact) mass is 417 g/mol. The summed E-state index contributed by atoms with van der Waals surface area (Å²) in [4.78, 5) is 36.5. The molecule has 0 radical (unpaired) electrons. The van der Waals surface area contributed by atoms with Crippen LogP contribution in [0, 0.1) is 0 Å². The predicted octanol–water partition coefficient (Wildman–Crippen LogP) is 3.58. The van der Waals surface area contributed by atoms with Gasteiger partial charge in [-0.1, -0.05) is 31.0 Å². The number of pyridine rings is 1. The minimum absolute atomic E-state index is 0.0140. The van der Waals surface area contributed by atoms with E-state index in [1.807, 2.05) is 47.6 Å². The van der Waals surface area contributed by atoms with E-state index < -0.39 is 0 Å². The Bertz CT molecular complexity index is 1090. The van der Waals surface area contributed by atoms with Crippen LogP contribution in [-0.4, -0.2) is 50.4 Å². The number of benzene rings is 1. The van der Waals surface area contributed by atoms with E-state index in [1.165, 1.54) is 12.8 Å². The number of amides is 2. The second-order valence-corrected chi connectivity index (χ2v) is 8.59. The van der Waals surface area contributed by atoms with Crippen LogP contribution in [0.25, 0.3) is 11.2 Å². The number of nitrogens with one attached hydrogen (secondary N) is 1. The highest BCUT2D eigenvalue weighted by Gasteiger charge is 2.26. The SMILES string of the molecule is O=C(NC1CCCN(C(=O)c2ccccc2)C1)c1cnc2c(c1)ncn2C1CCCC1. The molecule has 3 aromatic rings. The molecule has 1 atom stereocenters. The standard InChI is InChI=1S/C24H27N5O2/c30-23(18-13-21-22(25-14-18)29(16-26-21)20-10-4-5-11-20)27-19-9-6-12-28(15-19)24(31)17-7-2-1-3-8-17/h1-3,7-8,13-14,16,19-20H,4-6,9-12,15H2,(H,27,30). The van der Waals surface area contributed by atoms with Crippen LogP contribution >= 0.6 is 0 Å². The van der Waals surface area contributed by atoms with Crippen LogP contribution in [0.1, 0.15) is 65.3 Å². The summed E-state index contributed by atoms with van der Waals surface area (Å²) in [5.41, 5.74) is 2.79. The van der Waals surface area contributed by atoms with Gasteiger partial charge in [0.2, 0.25) is 0 Å². The molecule has 7 nitrogen and oxygen atoms in total. The molecule has 2 aromatic heterocycles. The Hall–Kier alpha value is -3.22. The summed E-state index contributed by atoms with van der Waals surface area (Å²) in [6.45, 7) is 1.23. The molecule has 2 fully saturated rings. The smallest absolute Gasteiger partial charge is 0.253 e. The summed E-state index contributed by atoms with van der Waals surface area (Å²) >= 11 is 0. The number of aromatic nitrogens is 3. The zero-order chi connectivity index (χ0) is 21.2. The summed E-state index contributed by atoms with van der Waals surface area (Å²) < 4.78 is 2.15. The van der Waals surface area contributed by atoms with Crippen molar-refractivity contribution in [2.24, 2.45) is 0 Å². The van der Waals surface area contributed by atoms with Gasteiger partial charge >= 0.3 is 0 Å². The summed E-state index contributed by atoms with van der Waals surface area (Å²) in [6.07, 6.45) is 10.0. The summed E-state index contributed by atoms with van der Waals surface area (Å²) in [7, 11) is 0. The molecule has 31 heavy (non-hydrogen) atoms. The second-order valence-electron chi connectivity index (χ2n) is 8.59. The van der Waals surface area contributed by atoms with Gasteiger partial charge in [0, 0.05) is 36.9 Å². The average molecular weight is 418 g/mol. The molecule has 1 aliphatic carbocycles. The van der Waals surface area contributed by atoms with Crippen LogP contribution in [-0.2, 0) is 0 Å². The van der Waals surface area contributed by atoms with Gasteiger partial charge in [-0.2, -0.15) is 0 Å². The van der Waals surface area contributed by atoms with Crippen molar-refractivity contribution in [3.05, 3.63) is 60.0 Å². The fourth-order valence-electron chi connectivity index (χ4n) is 4.80. The average Bonchev–Trinajstić information content (AvgIpc) is 3.48. The maximum Gasteiger partial charge on any atom is 0.253 e. The maximum atomic E-state index is 12.9. The van der Waals surface area contributed by atoms with Gasteiger partial charge in [-0.25, -0.2) is 9.97 Å². The Morgan fingerprint density at radius 3 is 2.58 bits per heavy atom. The highest BCUT2D eigenvalue weighted by atomic mass is 16.2. The Labute approximate surface area is 181 Å². The molecular weight excluding hydrogens is 390 g/mol. The molecule has 1 aromatic carbocycles. The number of nitrogens with zero attached hydrogens (tertiary/aromatic N) is 4. The predicted molar refractivity (Wildman–Crippen MR) is 118 cm³/mol. The molecule has 1 saturated heterocycles. The fourth-order valence-corrected chi connectivity index (χ4v) is 4.80. The quantitative estimate of drug-likeness (QED) is 0.704. The minimum Gasteiger partial charge on any atom is -0.347 e. The zero-order valence-corrected chi connectivity index (χ0v) is 17.5. The van der Waals surface area contributed by atoms with Gasteiger partial charge < -0.3 is 14.8 Å². The molecule has 1 saturated carbocycles. The van der Waals surface area contributed by atoms with Gasteiger partial charge in [-0.15, -0.1) is 0 Å². The minimum atomic E-state index is -0.163. The van der Waals surface area contributed by atoms with E-state index in [-0.39, 0.29) is 17.9 Å². The molecule has 7 heteroatoms. The number of carbonyl (C=O) groups excluding carboxylic acids is 2. The summed E-state index contributed by atoms with van der Waals surface area (Å²) in [5.74, 6) is -0.149. The van der Waals surface area contributed by atoms with Crippen LogP contribution in [0.15, 0.2) is 48.9 Å². The number of hydrogen-bond donors (Lipinski definition) is 1. The molecular formula is C24H27N5O2. The zero-order valence-electron chi connectivity index (χ0n) is 17.5. The lowest BCUT2D eigenvalue weighted by molar-refractivity contribution is 0.0676. The van der Waals surface area contributed by atoms with Crippen molar-refractivity contribution >= 4 is 23.0 Å². The number of likely N-dealkylation sites (tertiary alicyclic amines) is 1. The van der Waals surface area contributed by atoms with Crippen LogP contribution in [0.4, 0.5) is 0 Å². The molecule has 160 valence electrons. The molecule has 0 bridgehead atoms. The third-order valence-electron chi connectivity index (χ3n) is 6.46. The van der Waals surface area contributed by atoms with Gasteiger partial charge in [0.15, 0.2) is 5.65 Å². The number of fused-ring (bicyclic) bond motifs is 1. The molecule has 1 unspecified atom stereocenters. The van der Waals surface area contributed by atoms with E-state index in [9.17, 15) is 9.59 Å². The Morgan fingerprint density at radius 2 is 1.77 bits per heavy atom. The highest BCUT2D eigenvalue weighted by molar-refractivity contribution is 5.97. The van der Waals surface area contributed by atoms with Crippen molar-refractivity contribution < 1.29 is 9.59 Å². The molecule has 3 heterocycles. The van der Waals surface area contributed by atoms with Crippen LogP contribution in [0.5, 0.6) is 0 Å². The molecule has 5 rings (SSSR count). The van der Waals surface area contributed by atoms with E-state index in [4.69, 9.17) is 0 Å². The Balaban J connectivity index is 1.26. The van der Waals surface area contributed by atoms with Crippen molar-refractivity contribution in [2.75, 3.05) is 13.1 Å². The van der Waals surface area contributed by atoms with Gasteiger partial charge in [0.25, 0.3) is 11.8 Å². The van der Waals surface area contributed by atoms with Crippen LogP contribution in [0.2, 0.25) is 0 Å². The van der Waals surface area contributed by atoms with E-state index in [1.54, 1.807) is 6.20 Å². The fraction of sp³-hybridized carbons (Fsp3) is 0.417. The topological polar surface area (TPSA) is 80.1 Å². The van der Waals surface area contributed by atoms with Crippen LogP contribution < -0.4 is 5.32 Å². The molecule has 2 aliphatic rings. The van der Waals surface area contributed by atoms with Gasteiger partial charge in [0.1, 0.15) is 5.52 Å². The first-order valence-electron chi connectivity index (χ1n) is 11.2. The normalized spacial score (nSPS) is 19.6. The lowest BCUT2D eigenvalue weighted by atomic mass is 10.0. The van der Waals surface area contributed by atoms with Crippen molar-refractivity contribution in [3.63, 3.8) is 0 Å². The molecule has 2 amide bonds. The third-order valence-corrected chi connectivity index (χ3v) is 6.46. The Morgan fingerprint density at radius 1 is 0.968 bits per heavy atom. The lowest BCUT2D eigenvalue weighted by Gasteiger charge is -2.33. The summed E-state index contributed by atoms with van der Waals surface area (Å²) in [6, 6.07) is 11.5. The van der Waals surface area contributed by atoms with E-state index in [0.29, 0.717) is 30.3 Å². The first-order valence-corrected chi connectivity index (χ1v) is 11.2. The number of imidazole rings is 1. The number of piperidine rings is 1. The maximum absolute atomic E-state index is 12.9. The highest BCUT2D eigenvalue weighted by Crippen LogP contribution is 2.31.